The Balaban J connectivity index is 1.86. The van der Waals surface area contributed by atoms with Crippen molar-refractivity contribution in [3.63, 3.8) is 0 Å². The van der Waals surface area contributed by atoms with E-state index in [0.29, 0.717) is 24.1 Å². The summed E-state index contributed by atoms with van der Waals surface area (Å²) in [5, 5.41) is 3.56. The third-order valence-corrected chi connectivity index (χ3v) is 3.80. The zero-order valence-corrected chi connectivity index (χ0v) is 11.3. The van der Waals surface area contributed by atoms with Gasteiger partial charge in [0.05, 0.1) is 5.52 Å². The predicted molar refractivity (Wildman–Crippen MR) is 75.3 cm³/mol. The fourth-order valence-electron chi connectivity index (χ4n) is 2.59. The van der Waals surface area contributed by atoms with Gasteiger partial charge >= 0.3 is 5.76 Å². The van der Waals surface area contributed by atoms with Crippen LogP contribution < -0.4 is 11.1 Å². The predicted octanol–water partition coefficient (Wildman–Crippen LogP) is 2.37. The van der Waals surface area contributed by atoms with E-state index >= 15 is 0 Å². The molecule has 1 heterocycles. The fraction of sp³-hybridized carbons (Fsp3) is 0.533. The van der Waals surface area contributed by atoms with E-state index in [4.69, 9.17) is 4.42 Å². The molecule has 1 aliphatic carbocycles. The highest BCUT2D eigenvalue weighted by Crippen LogP contribution is 2.33. The molecular formula is C15H20N2O2. The van der Waals surface area contributed by atoms with Gasteiger partial charge in [0, 0.05) is 12.6 Å². The number of rotatable bonds is 6. The van der Waals surface area contributed by atoms with Crippen molar-refractivity contribution in [1.82, 2.24) is 9.88 Å². The topological polar surface area (TPSA) is 47.2 Å². The van der Waals surface area contributed by atoms with E-state index in [1.807, 2.05) is 24.3 Å². The maximum Gasteiger partial charge on any atom is 0.420 e. The minimum absolute atomic E-state index is 0.245. The van der Waals surface area contributed by atoms with Crippen LogP contribution in [0.4, 0.5) is 0 Å². The standard InChI is InChI=1S/C15H20N2O2/c1-2-9-16-12(11-7-8-11)10-17-13-5-3-4-6-14(13)19-15(17)18/h3-6,11-12,16H,2,7-10H2,1H3. The van der Waals surface area contributed by atoms with Crippen LogP contribution in [0.25, 0.3) is 11.1 Å². The van der Waals surface area contributed by atoms with E-state index < -0.39 is 0 Å². The maximum absolute atomic E-state index is 12.0. The Hall–Kier alpha value is -1.55. The summed E-state index contributed by atoms with van der Waals surface area (Å²) in [6, 6.07) is 8.02. The molecule has 1 unspecified atom stereocenters. The average Bonchev–Trinajstić information content (AvgIpc) is 3.20. The Morgan fingerprint density at radius 3 is 2.95 bits per heavy atom. The molecule has 0 radical (unpaired) electrons. The molecule has 1 aromatic heterocycles. The lowest BCUT2D eigenvalue weighted by atomic mass is 10.1. The molecule has 1 atom stereocenters. The number of hydrogen-bond donors (Lipinski definition) is 1. The SMILES string of the molecule is CCCNC(Cn1c(=O)oc2ccccc21)C1CC1. The number of aromatic nitrogens is 1. The fourth-order valence-corrected chi connectivity index (χ4v) is 2.59. The third-order valence-electron chi connectivity index (χ3n) is 3.80. The van der Waals surface area contributed by atoms with Gasteiger partial charge in [-0.2, -0.15) is 0 Å². The van der Waals surface area contributed by atoms with Crippen molar-refractivity contribution in [2.75, 3.05) is 6.54 Å². The van der Waals surface area contributed by atoms with Crippen LogP contribution in [0.5, 0.6) is 0 Å². The Morgan fingerprint density at radius 1 is 1.42 bits per heavy atom. The molecule has 0 spiro atoms. The van der Waals surface area contributed by atoms with E-state index in [9.17, 15) is 4.79 Å². The van der Waals surface area contributed by atoms with Crippen molar-refractivity contribution in [1.29, 1.82) is 0 Å². The summed E-state index contributed by atoms with van der Waals surface area (Å²) in [5.41, 5.74) is 1.58. The molecule has 1 fully saturated rings. The summed E-state index contributed by atoms with van der Waals surface area (Å²) in [6.07, 6.45) is 3.65. The van der Waals surface area contributed by atoms with E-state index in [0.717, 1.165) is 18.5 Å². The molecule has 0 bridgehead atoms. The van der Waals surface area contributed by atoms with Crippen molar-refractivity contribution in [2.24, 2.45) is 5.92 Å². The Morgan fingerprint density at radius 2 is 2.21 bits per heavy atom. The molecule has 102 valence electrons. The molecule has 4 nitrogen and oxygen atoms in total. The van der Waals surface area contributed by atoms with Crippen LogP contribution in [0, 0.1) is 5.92 Å². The monoisotopic (exact) mass is 260 g/mol. The van der Waals surface area contributed by atoms with Gasteiger partial charge < -0.3 is 9.73 Å². The number of hydrogen-bond acceptors (Lipinski definition) is 3. The second-order valence-electron chi connectivity index (χ2n) is 5.34. The van der Waals surface area contributed by atoms with Gasteiger partial charge in [0.2, 0.25) is 0 Å². The molecule has 19 heavy (non-hydrogen) atoms. The van der Waals surface area contributed by atoms with E-state index in [2.05, 4.69) is 12.2 Å². The average molecular weight is 260 g/mol. The summed E-state index contributed by atoms with van der Waals surface area (Å²) < 4.78 is 7.05. The van der Waals surface area contributed by atoms with Gasteiger partial charge in [0.25, 0.3) is 0 Å². The molecule has 0 saturated heterocycles. The molecule has 2 aromatic rings. The van der Waals surface area contributed by atoms with Gasteiger partial charge in [-0.05, 0) is 43.9 Å². The van der Waals surface area contributed by atoms with Crippen molar-refractivity contribution in [3.05, 3.63) is 34.8 Å². The molecule has 0 aliphatic heterocycles. The summed E-state index contributed by atoms with van der Waals surface area (Å²) in [5.74, 6) is 0.470. The van der Waals surface area contributed by atoms with Crippen LogP contribution in [0.3, 0.4) is 0 Å². The highest BCUT2D eigenvalue weighted by molar-refractivity contribution is 5.72. The lowest BCUT2D eigenvalue weighted by Gasteiger charge is -2.18. The minimum atomic E-state index is -0.245. The van der Waals surface area contributed by atoms with Gasteiger partial charge in [0.15, 0.2) is 5.58 Å². The highest BCUT2D eigenvalue weighted by atomic mass is 16.4. The molecule has 1 aromatic carbocycles. The maximum atomic E-state index is 12.0. The number of fused-ring (bicyclic) bond motifs is 1. The molecule has 4 heteroatoms. The lowest BCUT2D eigenvalue weighted by molar-refractivity contribution is 0.390. The third kappa shape index (κ3) is 2.59. The Labute approximate surface area is 112 Å². The van der Waals surface area contributed by atoms with Crippen LogP contribution in [0.2, 0.25) is 0 Å². The van der Waals surface area contributed by atoms with Crippen LogP contribution in [-0.2, 0) is 6.54 Å². The van der Waals surface area contributed by atoms with Crippen molar-refractivity contribution >= 4 is 11.1 Å². The number of para-hydroxylation sites is 2. The first kappa shape index (κ1) is 12.5. The number of nitrogens with one attached hydrogen (secondary N) is 1. The second kappa shape index (κ2) is 5.21. The van der Waals surface area contributed by atoms with Gasteiger partial charge in [-0.15, -0.1) is 0 Å². The molecule has 1 N–H and O–H groups in total. The number of oxazole rings is 1. The first-order valence-electron chi connectivity index (χ1n) is 7.11. The molecule has 1 aliphatic rings. The normalized spacial score (nSPS) is 16.9. The summed E-state index contributed by atoms with van der Waals surface area (Å²) in [4.78, 5) is 12.0. The zero-order valence-electron chi connectivity index (χ0n) is 11.3. The van der Waals surface area contributed by atoms with Gasteiger partial charge in [-0.1, -0.05) is 19.1 Å². The first-order chi connectivity index (χ1) is 9.29. The quantitative estimate of drug-likeness (QED) is 0.867. The molecule has 1 saturated carbocycles. The van der Waals surface area contributed by atoms with E-state index in [1.54, 1.807) is 4.57 Å². The highest BCUT2D eigenvalue weighted by Gasteiger charge is 2.31. The zero-order chi connectivity index (χ0) is 13.2. The largest absolute Gasteiger partial charge is 0.420 e. The van der Waals surface area contributed by atoms with Gasteiger partial charge in [-0.3, -0.25) is 4.57 Å². The molecular weight excluding hydrogens is 240 g/mol. The summed E-state index contributed by atoms with van der Waals surface area (Å²) >= 11 is 0. The van der Waals surface area contributed by atoms with E-state index in [1.165, 1.54) is 12.8 Å². The van der Waals surface area contributed by atoms with E-state index in [-0.39, 0.29) is 5.76 Å². The lowest BCUT2D eigenvalue weighted by Crippen LogP contribution is -2.37. The Bertz CT molecular complexity index is 610. The second-order valence-corrected chi connectivity index (χ2v) is 5.34. The van der Waals surface area contributed by atoms with Gasteiger partial charge in [0.1, 0.15) is 0 Å². The smallest absolute Gasteiger partial charge is 0.408 e. The van der Waals surface area contributed by atoms with Crippen LogP contribution in [0.1, 0.15) is 26.2 Å². The summed E-state index contributed by atoms with van der Waals surface area (Å²) in [6.45, 7) is 3.88. The minimum Gasteiger partial charge on any atom is -0.408 e. The first-order valence-corrected chi connectivity index (χ1v) is 7.11. The summed E-state index contributed by atoms with van der Waals surface area (Å²) in [7, 11) is 0. The van der Waals surface area contributed by atoms with Crippen molar-refractivity contribution in [3.8, 4) is 0 Å². The van der Waals surface area contributed by atoms with Gasteiger partial charge in [-0.25, -0.2) is 4.79 Å². The number of benzene rings is 1. The van der Waals surface area contributed by atoms with Crippen LogP contribution >= 0.6 is 0 Å². The van der Waals surface area contributed by atoms with Crippen molar-refractivity contribution < 1.29 is 4.42 Å². The van der Waals surface area contributed by atoms with Crippen LogP contribution in [0.15, 0.2) is 33.5 Å². The molecule has 0 amide bonds. The van der Waals surface area contributed by atoms with Crippen LogP contribution in [-0.4, -0.2) is 17.2 Å². The molecule has 3 rings (SSSR count). The number of nitrogens with zero attached hydrogens (tertiary/aromatic N) is 1. The van der Waals surface area contributed by atoms with Crippen molar-refractivity contribution in [2.45, 2.75) is 38.8 Å². The Kier molecular flexibility index (Phi) is 3.42.